The van der Waals surface area contributed by atoms with Crippen molar-refractivity contribution < 1.29 is 19.1 Å². The number of benzene rings is 1. The summed E-state index contributed by atoms with van der Waals surface area (Å²) < 4.78 is 11.7. The molecule has 210 valence electrons. The minimum atomic E-state index is -0.389. The molecule has 1 aromatic carbocycles. The fraction of sp³-hybridized carbons (Fsp3) is 0.742. The number of nitrogens with zero attached hydrogens (tertiary/aromatic N) is 3. The predicted molar refractivity (Wildman–Crippen MR) is 148 cm³/mol. The molecule has 38 heavy (non-hydrogen) atoms. The van der Waals surface area contributed by atoms with Crippen LogP contribution in [-0.4, -0.2) is 90.8 Å². The van der Waals surface area contributed by atoms with Crippen LogP contribution in [-0.2, 0) is 9.47 Å². The largest absolute Gasteiger partial charge is 0.440 e. The summed E-state index contributed by atoms with van der Waals surface area (Å²) in [5, 5.41) is 0. The molecule has 0 bridgehead atoms. The van der Waals surface area contributed by atoms with E-state index in [0.717, 1.165) is 81.5 Å². The Labute approximate surface area is 228 Å². The third-order valence-corrected chi connectivity index (χ3v) is 9.89. The van der Waals surface area contributed by atoms with Gasteiger partial charge in [0, 0.05) is 70.9 Å². The maximum atomic E-state index is 13.3. The zero-order valence-corrected chi connectivity index (χ0v) is 23.8. The van der Waals surface area contributed by atoms with Crippen LogP contribution in [0.1, 0.15) is 85.7 Å². The second-order valence-electron chi connectivity index (χ2n) is 12.2. The van der Waals surface area contributed by atoms with Crippen molar-refractivity contribution >= 4 is 12.0 Å². The van der Waals surface area contributed by atoms with Crippen molar-refractivity contribution in [3.8, 4) is 0 Å². The van der Waals surface area contributed by atoms with Crippen molar-refractivity contribution in [3.63, 3.8) is 0 Å². The molecule has 5 rings (SSSR count). The number of piperidine rings is 2. The highest BCUT2D eigenvalue weighted by Crippen LogP contribution is 2.42. The van der Waals surface area contributed by atoms with E-state index in [9.17, 15) is 9.59 Å². The van der Waals surface area contributed by atoms with Crippen molar-refractivity contribution in [2.24, 2.45) is 5.92 Å². The molecule has 1 unspecified atom stereocenters. The van der Waals surface area contributed by atoms with E-state index in [1.54, 1.807) is 7.11 Å². The third kappa shape index (κ3) is 5.60. The lowest BCUT2D eigenvalue weighted by molar-refractivity contribution is -0.0416. The molecule has 2 amide bonds. The summed E-state index contributed by atoms with van der Waals surface area (Å²) in [6, 6.07) is 6.68. The highest BCUT2D eigenvalue weighted by molar-refractivity contribution is 5.97. The summed E-state index contributed by atoms with van der Waals surface area (Å²) in [6.45, 7) is 9.06. The molecule has 0 radical (unpaired) electrons. The van der Waals surface area contributed by atoms with Gasteiger partial charge in [0.2, 0.25) is 0 Å². The van der Waals surface area contributed by atoms with Gasteiger partial charge in [0.25, 0.3) is 5.91 Å². The van der Waals surface area contributed by atoms with E-state index in [1.165, 1.54) is 32.1 Å². The monoisotopic (exact) mass is 525 g/mol. The summed E-state index contributed by atoms with van der Waals surface area (Å²) in [7, 11) is 1.75. The van der Waals surface area contributed by atoms with E-state index in [2.05, 4.69) is 9.80 Å². The standard InChI is InChI=1S/C31H47N3O4/c1-23-8-7-9-24(2)28(23)29(35)33-17-12-26(13-18-33)32-19-15-31(16-20-32)27(14-21-37-3)34(30(36)38-31)22-25-10-5-4-6-11-25/h7-9,25-27H,4-6,10-22H2,1-3H3. The maximum Gasteiger partial charge on any atom is 0.410 e. The zero-order valence-electron chi connectivity index (χ0n) is 23.8. The number of hydrogen-bond acceptors (Lipinski definition) is 5. The van der Waals surface area contributed by atoms with Gasteiger partial charge < -0.3 is 19.3 Å². The Kier molecular flexibility index (Phi) is 8.63. The van der Waals surface area contributed by atoms with Crippen LogP contribution >= 0.6 is 0 Å². The molecule has 3 aliphatic heterocycles. The van der Waals surface area contributed by atoms with Gasteiger partial charge in [-0.1, -0.05) is 37.5 Å². The Bertz CT molecular complexity index is 955. The first kappa shape index (κ1) is 27.4. The molecule has 1 spiro atoms. The van der Waals surface area contributed by atoms with E-state index in [-0.39, 0.29) is 23.6 Å². The molecule has 7 heteroatoms. The molecule has 0 aromatic heterocycles. The smallest absolute Gasteiger partial charge is 0.410 e. The normalized spacial score (nSPS) is 25.2. The fourth-order valence-corrected chi connectivity index (χ4v) is 7.66. The molecule has 1 atom stereocenters. The number of carbonyl (C=O) groups excluding carboxylic acids is 2. The van der Waals surface area contributed by atoms with Gasteiger partial charge in [0.15, 0.2) is 0 Å². The number of amides is 2. The van der Waals surface area contributed by atoms with E-state index in [4.69, 9.17) is 9.47 Å². The Morgan fingerprint density at radius 3 is 2.29 bits per heavy atom. The van der Waals surface area contributed by atoms with Gasteiger partial charge in [-0.25, -0.2) is 4.79 Å². The van der Waals surface area contributed by atoms with Gasteiger partial charge in [0.05, 0.1) is 6.04 Å². The van der Waals surface area contributed by atoms with Crippen LogP contribution in [0.3, 0.4) is 0 Å². The first-order valence-electron chi connectivity index (χ1n) is 15.0. The molecule has 7 nitrogen and oxygen atoms in total. The third-order valence-electron chi connectivity index (χ3n) is 9.89. The first-order chi connectivity index (χ1) is 18.4. The summed E-state index contributed by atoms with van der Waals surface area (Å²) in [5.74, 6) is 0.779. The molecule has 4 fully saturated rings. The van der Waals surface area contributed by atoms with E-state index in [0.29, 0.717) is 18.6 Å². The quantitative estimate of drug-likeness (QED) is 0.491. The van der Waals surface area contributed by atoms with Gasteiger partial charge in [-0.05, 0) is 63.0 Å². The van der Waals surface area contributed by atoms with Crippen LogP contribution < -0.4 is 0 Å². The second-order valence-corrected chi connectivity index (χ2v) is 12.2. The lowest BCUT2D eigenvalue weighted by atomic mass is 9.81. The molecule has 1 aromatic rings. The van der Waals surface area contributed by atoms with Crippen LogP contribution in [0.5, 0.6) is 0 Å². The van der Waals surface area contributed by atoms with Gasteiger partial charge in [0.1, 0.15) is 5.60 Å². The predicted octanol–water partition coefficient (Wildman–Crippen LogP) is 5.18. The summed E-state index contributed by atoms with van der Waals surface area (Å²) >= 11 is 0. The molecule has 3 saturated heterocycles. The highest BCUT2D eigenvalue weighted by atomic mass is 16.6. The number of aryl methyl sites for hydroxylation is 2. The summed E-state index contributed by atoms with van der Waals surface area (Å²) in [5.41, 5.74) is 2.60. The number of methoxy groups -OCH3 is 1. The Morgan fingerprint density at radius 1 is 1.00 bits per heavy atom. The molecular weight excluding hydrogens is 478 g/mol. The molecule has 1 saturated carbocycles. The average Bonchev–Trinajstić information content (AvgIpc) is 3.17. The fourth-order valence-electron chi connectivity index (χ4n) is 7.66. The number of carbonyl (C=O) groups is 2. The van der Waals surface area contributed by atoms with Crippen LogP contribution in [0, 0.1) is 19.8 Å². The van der Waals surface area contributed by atoms with E-state index in [1.807, 2.05) is 36.9 Å². The van der Waals surface area contributed by atoms with Gasteiger partial charge in [-0.2, -0.15) is 0 Å². The van der Waals surface area contributed by atoms with Crippen molar-refractivity contribution in [1.82, 2.24) is 14.7 Å². The number of hydrogen-bond donors (Lipinski definition) is 0. The zero-order chi connectivity index (χ0) is 26.7. The lowest BCUT2D eigenvalue weighted by Gasteiger charge is -2.46. The summed E-state index contributed by atoms with van der Waals surface area (Å²) in [6.07, 6.45) is 10.9. The highest BCUT2D eigenvalue weighted by Gasteiger charge is 2.55. The Balaban J connectivity index is 1.18. The van der Waals surface area contributed by atoms with Crippen LogP contribution in [0.4, 0.5) is 4.79 Å². The van der Waals surface area contributed by atoms with Crippen molar-refractivity contribution in [2.75, 3.05) is 46.4 Å². The SMILES string of the molecule is COCCC1N(CC2CCCCC2)C(=O)OC12CCN(C1CCN(C(=O)c3c(C)cccc3C)CC1)CC2. The topological polar surface area (TPSA) is 62.3 Å². The Hall–Kier alpha value is -2.12. The van der Waals surface area contributed by atoms with Gasteiger partial charge >= 0.3 is 6.09 Å². The van der Waals surface area contributed by atoms with Crippen LogP contribution in [0.25, 0.3) is 0 Å². The second kappa shape index (κ2) is 12.0. The average molecular weight is 526 g/mol. The van der Waals surface area contributed by atoms with E-state index >= 15 is 0 Å². The van der Waals surface area contributed by atoms with Crippen molar-refractivity contribution in [3.05, 3.63) is 34.9 Å². The van der Waals surface area contributed by atoms with Crippen molar-refractivity contribution in [1.29, 1.82) is 0 Å². The minimum absolute atomic E-state index is 0.107. The molecule has 3 heterocycles. The van der Waals surface area contributed by atoms with Gasteiger partial charge in [-0.3, -0.25) is 9.69 Å². The molecule has 1 aliphatic carbocycles. The number of ether oxygens (including phenoxy) is 2. The number of likely N-dealkylation sites (tertiary alicyclic amines) is 2. The van der Waals surface area contributed by atoms with Gasteiger partial charge in [-0.15, -0.1) is 0 Å². The Morgan fingerprint density at radius 2 is 1.66 bits per heavy atom. The molecular formula is C31H47N3O4. The van der Waals surface area contributed by atoms with Crippen LogP contribution in [0.15, 0.2) is 18.2 Å². The molecule has 4 aliphatic rings. The first-order valence-corrected chi connectivity index (χ1v) is 15.0. The lowest BCUT2D eigenvalue weighted by Crippen LogP contribution is -2.56. The maximum absolute atomic E-state index is 13.3. The number of rotatable bonds is 7. The van der Waals surface area contributed by atoms with Crippen LogP contribution in [0.2, 0.25) is 0 Å². The van der Waals surface area contributed by atoms with Crippen molar-refractivity contribution in [2.45, 2.75) is 95.7 Å². The van der Waals surface area contributed by atoms with E-state index < -0.39 is 0 Å². The summed E-state index contributed by atoms with van der Waals surface area (Å²) in [4.78, 5) is 33.1. The minimum Gasteiger partial charge on any atom is -0.440 e. The molecule has 0 N–H and O–H groups in total.